The van der Waals surface area contributed by atoms with Crippen LogP contribution in [0.4, 0.5) is 0 Å². The van der Waals surface area contributed by atoms with Crippen molar-refractivity contribution in [1.82, 2.24) is 5.43 Å². The normalized spacial score (nSPS) is 11.5. The van der Waals surface area contributed by atoms with Crippen molar-refractivity contribution in [3.05, 3.63) is 70.7 Å². The Labute approximate surface area is 129 Å². The van der Waals surface area contributed by atoms with Crippen molar-refractivity contribution in [1.29, 1.82) is 0 Å². The Hall–Kier alpha value is -2.13. The predicted molar refractivity (Wildman–Crippen MR) is 86.7 cm³/mol. The lowest BCUT2D eigenvalue weighted by Crippen LogP contribution is -2.22. The van der Waals surface area contributed by atoms with Crippen LogP contribution in [0.3, 0.4) is 0 Å². The van der Waals surface area contributed by atoms with Gasteiger partial charge in [-0.2, -0.15) is 5.10 Å². The molecular formula is C17H17ClN2O. The fourth-order valence-electron chi connectivity index (χ4n) is 1.95. The molecule has 0 aliphatic heterocycles. The van der Waals surface area contributed by atoms with Gasteiger partial charge in [-0.25, -0.2) is 5.43 Å². The van der Waals surface area contributed by atoms with Crippen LogP contribution < -0.4 is 5.43 Å². The number of nitrogens with one attached hydrogen (secondary N) is 1. The minimum atomic E-state index is -0.310. The standard InChI is InChI=1S/C17H17ClN2O/c1-12(2)16(13-8-4-3-5-9-13)19-20-17(21)14-10-6-7-11-15(14)18/h3-12H,1-2H3,(H,20,21). The number of hydrogen-bond acceptors (Lipinski definition) is 2. The van der Waals surface area contributed by atoms with Gasteiger partial charge in [0.05, 0.1) is 16.3 Å². The monoisotopic (exact) mass is 300 g/mol. The second-order valence-electron chi connectivity index (χ2n) is 4.94. The topological polar surface area (TPSA) is 41.5 Å². The lowest BCUT2D eigenvalue weighted by atomic mass is 10.0. The number of rotatable bonds is 4. The summed E-state index contributed by atoms with van der Waals surface area (Å²) in [5, 5.41) is 4.68. The third-order valence-electron chi connectivity index (χ3n) is 3.01. The summed E-state index contributed by atoms with van der Waals surface area (Å²) in [6.45, 7) is 4.07. The Morgan fingerprint density at radius 3 is 2.29 bits per heavy atom. The van der Waals surface area contributed by atoms with Crippen LogP contribution in [-0.2, 0) is 0 Å². The Kier molecular flexibility index (Phi) is 5.12. The van der Waals surface area contributed by atoms with Gasteiger partial charge in [-0.15, -0.1) is 0 Å². The first kappa shape index (κ1) is 15.3. The third-order valence-corrected chi connectivity index (χ3v) is 3.34. The van der Waals surface area contributed by atoms with Crippen LogP contribution in [-0.4, -0.2) is 11.6 Å². The highest BCUT2D eigenvalue weighted by Gasteiger charge is 2.11. The van der Waals surface area contributed by atoms with Crippen molar-refractivity contribution >= 4 is 23.2 Å². The van der Waals surface area contributed by atoms with Crippen LogP contribution in [0.15, 0.2) is 59.7 Å². The lowest BCUT2D eigenvalue weighted by Gasteiger charge is -2.11. The van der Waals surface area contributed by atoms with Gasteiger partial charge >= 0.3 is 0 Å². The quantitative estimate of drug-likeness (QED) is 0.669. The van der Waals surface area contributed by atoms with E-state index in [0.29, 0.717) is 10.6 Å². The largest absolute Gasteiger partial charge is 0.272 e. The van der Waals surface area contributed by atoms with Gasteiger partial charge in [-0.05, 0) is 23.6 Å². The first-order valence-electron chi connectivity index (χ1n) is 6.77. The molecule has 1 amide bonds. The highest BCUT2D eigenvalue weighted by molar-refractivity contribution is 6.33. The van der Waals surface area contributed by atoms with Crippen LogP contribution in [0.2, 0.25) is 5.02 Å². The van der Waals surface area contributed by atoms with Crippen LogP contribution in [0.5, 0.6) is 0 Å². The maximum atomic E-state index is 12.1. The van der Waals surface area contributed by atoms with Gasteiger partial charge in [0, 0.05) is 0 Å². The van der Waals surface area contributed by atoms with Gasteiger partial charge in [-0.3, -0.25) is 4.79 Å². The number of hydrogen-bond donors (Lipinski definition) is 1. The highest BCUT2D eigenvalue weighted by atomic mass is 35.5. The molecule has 0 saturated carbocycles. The van der Waals surface area contributed by atoms with E-state index < -0.39 is 0 Å². The predicted octanol–water partition coefficient (Wildman–Crippen LogP) is 4.13. The van der Waals surface area contributed by atoms with Crippen LogP contribution in [0.25, 0.3) is 0 Å². The van der Waals surface area contributed by atoms with E-state index in [1.807, 2.05) is 44.2 Å². The highest BCUT2D eigenvalue weighted by Crippen LogP contribution is 2.15. The molecule has 108 valence electrons. The van der Waals surface area contributed by atoms with E-state index in [1.54, 1.807) is 24.3 Å². The number of carbonyl (C=O) groups is 1. The summed E-state index contributed by atoms with van der Waals surface area (Å²) < 4.78 is 0. The molecule has 0 fully saturated rings. The van der Waals surface area contributed by atoms with Crippen molar-refractivity contribution in [2.24, 2.45) is 11.0 Å². The molecule has 0 atom stereocenters. The van der Waals surface area contributed by atoms with Gasteiger partial charge in [0.25, 0.3) is 5.91 Å². The molecule has 0 saturated heterocycles. The van der Waals surface area contributed by atoms with Crippen LogP contribution in [0.1, 0.15) is 29.8 Å². The van der Waals surface area contributed by atoms with Gasteiger partial charge < -0.3 is 0 Å². The SMILES string of the molecule is CC(C)C(=NNC(=O)c1ccccc1Cl)c1ccccc1. The molecule has 0 aliphatic carbocycles. The third kappa shape index (κ3) is 3.92. The first-order chi connectivity index (χ1) is 10.1. The molecule has 0 spiro atoms. The summed E-state index contributed by atoms with van der Waals surface area (Å²) in [4.78, 5) is 12.1. The zero-order valence-corrected chi connectivity index (χ0v) is 12.8. The minimum absolute atomic E-state index is 0.193. The number of benzene rings is 2. The van der Waals surface area contributed by atoms with E-state index in [-0.39, 0.29) is 11.8 Å². The Morgan fingerprint density at radius 1 is 1.05 bits per heavy atom. The summed E-state index contributed by atoms with van der Waals surface area (Å²) in [5.74, 6) is -0.117. The molecule has 2 rings (SSSR count). The van der Waals surface area contributed by atoms with Gasteiger partial charge in [0.2, 0.25) is 0 Å². The molecule has 0 radical (unpaired) electrons. The Bertz CT molecular complexity index is 651. The second kappa shape index (κ2) is 7.04. The molecule has 0 heterocycles. The average Bonchev–Trinajstić information content (AvgIpc) is 2.48. The van der Waals surface area contributed by atoms with Crippen LogP contribution >= 0.6 is 11.6 Å². The van der Waals surface area contributed by atoms with E-state index >= 15 is 0 Å². The molecule has 0 aliphatic rings. The Morgan fingerprint density at radius 2 is 1.67 bits per heavy atom. The fourth-order valence-corrected chi connectivity index (χ4v) is 2.17. The van der Waals surface area contributed by atoms with Gasteiger partial charge in [0.1, 0.15) is 0 Å². The fraction of sp³-hybridized carbons (Fsp3) is 0.176. The first-order valence-corrected chi connectivity index (χ1v) is 7.15. The molecule has 2 aromatic carbocycles. The molecule has 0 unspecified atom stereocenters. The van der Waals surface area contributed by atoms with E-state index in [1.165, 1.54) is 0 Å². The lowest BCUT2D eigenvalue weighted by molar-refractivity contribution is 0.0955. The number of carbonyl (C=O) groups excluding carboxylic acids is 1. The molecular weight excluding hydrogens is 284 g/mol. The molecule has 2 aromatic rings. The summed E-state index contributed by atoms with van der Waals surface area (Å²) in [5.41, 5.74) is 4.82. The summed E-state index contributed by atoms with van der Waals surface area (Å²) in [7, 11) is 0. The molecule has 1 N–H and O–H groups in total. The van der Waals surface area contributed by atoms with E-state index in [4.69, 9.17) is 11.6 Å². The molecule has 4 heteroatoms. The van der Waals surface area contributed by atoms with E-state index in [0.717, 1.165) is 11.3 Å². The second-order valence-corrected chi connectivity index (χ2v) is 5.35. The maximum absolute atomic E-state index is 12.1. The van der Waals surface area contributed by atoms with Gasteiger partial charge in [0.15, 0.2) is 0 Å². The summed E-state index contributed by atoms with van der Waals surface area (Å²) in [6.07, 6.45) is 0. The van der Waals surface area contributed by atoms with Crippen molar-refractivity contribution in [2.75, 3.05) is 0 Å². The summed E-state index contributed by atoms with van der Waals surface area (Å²) in [6, 6.07) is 16.7. The maximum Gasteiger partial charge on any atom is 0.272 e. The number of nitrogens with zero attached hydrogens (tertiary/aromatic N) is 1. The molecule has 21 heavy (non-hydrogen) atoms. The molecule has 0 aromatic heterocycles. The zero-order valence-electron chi connectivity index (χ0n) is 12.0. The number of amides is 1. The minimum Gasteiger partial charge on any atom is -0.267 e. The van der Waals surface area contributed by atoms with Crippen LogP contribution in [0, 0.1) is 5.92 Å². The van der Waals surface area contributed by atoms with E-state index in [2.05, 4.69) is 10.5 Å². The van der Waals surface area contributed by atoms with Crippen molar-refractivity contribution in [2.45, 2.75) is 13.8 Å². The smallest absolute Gasteiger partial charge is 0.267 e. The van der Waals surface area contributed by atoms with E-state index in [9.17, 15) is 4.79 Å². The van der Waals surface area contributed by atoms with Crippen molar-refractivity contribution in [3.8, 4) is 0 Å². The van der Waals surface area contributed by atoms with Crippen molar-refractivity contribution < 1.29 is 4.79 Å². The number of hydrazone groups is 1. The number of halogens is 1. The zero-order chi connectivity index (χ0) is 15.2. The summed E-state index contributed by atoms with van der Waals surface area (Å²) >= 11 is 6.00. The van der Waals surface area contributed by atoms with Gasteiger partial charge in [-0.1, -0.05) is 67.9 Å². The van der Waals surface area contributed by atoms with Crippen molar-refractivity contribution in [3.63, 3.8) is 0 Å². The average molecular weight is 301 g/mol. The Balaban J connectivity index is 2.22. The molecule has 3 nitrogen and oxygen atoms in total. The molecule has 0 bridgehead atoms.